The van der Waals surface area contributed by atoms with Gasteiger partial charge in [0, 0.05) is 19.0 Å². The summed E-state index contributed by atoms with van der Waals surface area (Å²) in [7, 11) is 1.51. The number of ether oxygens (including phenoxy) is 3. The summed E-state index contributed by atoms with van der Waals surface area (Å²) >= 11 is 1.02. The van der Waals surface area contributed by atoms with E-state index in [1.165, 1.54) is 18.0 Å². The molecule has 0 unspecified atom stereocenters. The number of unbranched alkanes of at least 4 members (excludes halogenated alkanes) is 1. The quantitative estimate of drug-likeness (QED) is 0.238. The molecule has 10 heteroatoms. The average Bonchev–Trinajstić information content (AvgIpc) is 3.33. The molecule has 0 aliphatic heterocycles. The smallest absolute Gasteiger partial charge is 0.348 e. The maximum absolute atomic E-state index is 13.0. The number of aromatic amines is 1. The topological polar surface area (TPSA) is 112 Å². The molecule has 0 atom stereocenters. The Morgan fingerprint density at radius 3 is 2.49 bits per heavy atom. The fourth-order valence-electron chi connectivity index (χ4n) is 3.28. The van der Waals surface area contributed by atoms with Crippen LogP contribution in [-0.4, -0.2) is 54.9 Å². The molecule has 2 heterocycles. The Bertz CT molecular complexity index is 1260. The fourth-order valence-corrected chi connectivity index (χ4v) is 4.32. The Labute approximate surface area is 207 Å². The van der Waals surface area contributed by atoms with Crippen LogP contribution in [0.25, 0.3) is 5.69 Å². The van der Waals surface area contributed by atoms with Gasteiger partial charge in [0.05, 0.1) is 24.5 Å². The van der Waals surface area contributed by atoms with Crippen molar-refractivity contribution in [2.75, 3.05) is 26.9 Å². The number of nitrogens with zero attached hydrogens (tertiary/aromatic N) is 2. The number of aromatic nitrogens is 2. The van der Waals surface area contributed by atoms with Crippen molar-refractivity contribution in [3.8, 4) is 5.69 Å². The Morgan fingerprint density at radius 1 is 1.09 bits per heavy atom. The van der Waals surface area contributed by atoms with Crippen LogP contribution < -0.4 is 5.56 Å². The number of thiophene rings is 1. The highest BCUT2D eigenvalue weighted by molar-refractivity contribution is 7.18. The minimum atomic E-state index is -0.571. The number of esters is 2. The van der Waals surface area contributed by atoms with Gasteiger partial charge < -0.3 is 14.2 Å². The van der Waals surface area contributed by atoms with Crippen LogP contribution in [0.4, 0.5) is 5.00 Å². The lowest BCUT2D eigenvalue weighted by molar-refractivity contribution is 0.0393. The van der Waals surface area contributed by atoms with Gasteiger partial charge in [-0.05, 0) is 38.0 Å². The lowest BCUT2D eigenvalue weighted by Gasteiger charge is -2.05. The van der Waals surface area contributed by atoms with E-state index in [1.807, 2.05) is 37.3 Å². The van der Waals surface area contributed by atoms with Gasteiger partial charge in [0.2, 0.25) is 0 Å². The van der Waals surface area contributed by atoms with Gasteiger partial charge in [-0.3, -0.25) is 9.89 Å². The summed E-state index contributed by atoms with van der Waals surface area (Å²) in [6.07, 6.45) is 3.00. The number of para-hydroxylation sites is 1. The molecule has 3 aromatic rings. The molecule has 35 heavy (non-hydrogen) atoms. The molecule has 0 aliphatic carbocycles. The van der Waals surface area contributed by atoms with Gasteiger partial charge in [-0.25, -0.2) is 19.3 Å². The van der Waals surface area contributed by atoms with Gasteiger partial charge in [-0.2, -0.15) is 0 Å². The summed E-state index contributed by atoms with van der Waals surface area (Å²) in [5.41, 5.74) is 1.98. The minimum absolute atomic E-state index is 0.0864. The van der Waals surface area contributed by atoms with E-state index in [2.05, 4.69) is 10.1 Å². The van der Waals surface area contributed by atoms with Crippen LogP contribution in [0, 0.1) is 13.8 Å². The van der Waals surface area contributed by atoms with Crippen molar-refractivity contribution < 1.29 is 23.8 Å². The first kappa shape index (κ1) is 26.1. The first-order chi connectivity index (χ1) is 16.9. The van der Waals surface area contributed by atoms with E-state index in [9.17, 15) is 14.4 Å². The van der Waals surface area contributed by atoms with Crippen LogP contribution in [-0.2, 0) is 14.2 Å². The highest BCUT2D eigenvalue weighted by atomic mass is 32.1. The number of hydrogen-bond acceptors (Lipinski definition) is 8. The molecule has 0 amide bonds. The highest BCUT2D eigenvalue weighted by Crippen LogP contribution is 2.36. The molecule has 9 nitrogen and oxygen atoms in total. The Balaban J connectivity index is 1.98. The molecule has 0 bridgehead atoms. The van der Waals surface area contributed by atoms with Crippen molar-refractivity contribution >= 4 is 34.5 Å². The van der Waals surface area contributed by atoms with Crippen LogP contribution in [0.5, 0.6) is 0 Å². The second kappa shape index (κ2) is 12.3. The molecule has 3 rings (SSSR count). The molecule has 2 aromatic heterocycles. The summed E-state index contributed by atoms with van der Waals surface area (Å²) in [4.78, 5) is 43.2. The lowest BCUT2D eigenvalue weighted by atomic mass is 10.1. The number of rotatable bonds is 11. The number of methoxy groups -OCH3 is 1. The molecule has 0 aliphatic rings. The third kappa shape index (κ3) is 6.14. The number of H-pyrrole nitrogens is 1. The molecule has 186 valence electrons. The van der Waals surface area contributed by atoms with Crippen molar-refractivity contribution in [2.45, 2.75) is 33.6 Å². The number of carbonyl (C=O) groups excluding carboxylic acids is 2. The van der Waals surface area contributed by atoms with Gasteiger partial charge in [0.15, 0.2) is 0 Å². The van der Waals surface area contributed by atoms with E-state index >= 15 is 0 Å². The van der Waals surface area contributed by atoms with E-state index < -0.39 is 11.9 Å². The van der Waals surface area contributed by atoms with Crippen molar-refractivity contribution in [3.05, 3.63) is 67.9 Å². The van der Waals surface area contributed by atoms with Crippen LogP contribution in [0.2, 0.25) is 0 Å². The Kier molecular flexibility index (Phi) is 9.16. The molecule has 0 radical (unpaired) electrons. The predicted octanol–water partition coefficient (Wildman–Crippen LogP) is 4.35. The number of carbonyl (C=O) groups is 2. The molecule has 1 N–H and O–H groups in total. The fraction of sp³-hybridized carbons (Fsp3) is 0.360. The van der Waals surface area contributed by atoms with Gasteiger partial charge in [-0.1, -0.05) is 31.5 Å². The Morgan fingerprint density at radius 2 is 1.80 bits per heavy atom. The first-order valence-corrected chi connectivity index (χ1v) is 12.1. The van der Waals surface area contributed by atoms with Gasteiger partial charge in [0.1, 0.15) is 22.0 Å². The van der Waals surface area contributed by atoms with Crippen LogP contribution in [0.1, 0.15) is 56.6 Å². The second-order valence-corrected chi connectivity index (χ2v) is 8.74. The second-order valence-electron chi connectivity index (χ2n) is 7.74. The average molecular weight is 500 g/mol. The van der Waals surface area contributed by atoms with Crippen molar-refractivity contribution in [1.29, 1.82) is 0 Å². The molecule has 1 aromatic carbocycles. The number of nitrogens with one attached hydrogen (secondary N) is 1. The molecule has 0 spiro atoms. The maximum Gasteiger partial charge on any atom is 0.348 e. The van der Waals surface area contributed by atoms with Gasteiger partial charge in [0.25, 0.3) is 5.56 Å². The minimum Gasteiger partial charge on any atom is -0.462 e. The third-order valence-corrected chi connectivity index (χ3v) is 6.39. The monoisotopic (exact) mass is 499 g/mol. The van der Waals surface area contributed by atoms with Crippen LogP contribution in [0.3, 0.4) is 0 Å². The zero-order chi connectivity index (χ0) is 25.4. The molecule has 0 saturated carbocycles. The number of benzene rings is 1. The molecule has 0 fully saturated rings. The lowest BCUT2D eigenvalue weighted by Crippen LogP contribution is -2.17. The maximum atomic E-state index is 13.0. The first-order valence-electron chi connectivity index (χ1n) is 11.3. The summed E-state index contributed by atoms with van der Waals surface area (Å²) in [6, 6.07) is 9.16. The number of aryl methyl sites for hydroxylation is 1. The zero-order valence-corrected chi connectivity index (χ0v) is 21.1. The highest BCUT2D eigenvalue weighted by Gasteiger charge is 2.26. The zero-order valence-electron chi connectivity index (χ0n) is 20.3. The van der Waals surface area contributed by atoms with E-state index in [4.69, 9.17) is 14.2 Å². The summed E-state index contributed by atoms with van der Waals surface area (Å²) < 4.78 is 17.0. The SMILES string of the molecule is CCCCOC(=O)c1c(N=Cc2c(C)[nH]n(-c3ccccc3)c2=O)sc(C(=O)OCCOC)c1C. The standard InChI is InChI=1S/C25H29N3O6S/c1-5-6-12-33-24(30)20-16(2)21(25(31)34-14-13-32-4)35-22(20)26-15-19-17(3)27-28(23(19)29)18-10-8-7-9-11-18/h7-11,15,27H,5-6,12-14H2,1-4H3. The number of hydrogen-bond donors (Lipinski definition) is 1. The van der Waals surface area contributed by atoms with E-state index in [0.29, 0.717) is 22.5 Å². The van der Waals surface area contributed by atoms with Crippen LogP contribution >= 0.6 is 11.3 Å². The third-order valence-electron chi connectivity index (χ3n) is 5.21. The normalized spacial score (nSPS) is 11.2. The number of aliphatic imine (C=N–C) groups is 1. The largest absolute Gasteiger partial charge is 0.462 e. The molecular formula is C25H29N3O6S. The van der Waals surface area contributed by atoms with Crippen molar-refractivity contribution in [3.63, 3.8) is 0 Å². The van der Waals surface area contributed by atoms with Crippen molar-refractivity contribution in [1.82, 2.24) is 9.78 Å². The Hall–Kier alpha value is -3.50. The summed E-state index contributed by atoms with van der Waals surface area (Å²) in [5.74, 6) is -1.14. The van der Waals surface area contributed by atoms with E-state index in [0.717, 1.165) is 24.2 Å². The van der Waals surface area contributed by atoms with E-state index in [-0.39, 0.29) is 40.8 Å². The van der Waals surface area contributed by atoms with E-state index in [1.54, 1.807) is 13.8 Å². The van der Waals surface area contributed by atoms with Crippen molar-refractivity contribution in [2.24, 2.45) is 4.99 Å². The molecule has 0 saturated heterocycles. The van der Waals surface area contributed by atoms with Gasteiger partial charge >= 0.3 is 11.9 Å². The summed E-state index contributed by atoms with van der Waals surface area (Å²) in [6.45, 7) is 6.02. The van der Waals surface area contributed by atoms with Crippen LogP contribution in [0.15, 0.2) is 40.1 Å². The summed E-state index contributed by atoms with van der Waals surface area (Å²) in [5, 5.41) is 3.31. The predicted molar refractivity (Wildman–Crippen MR) is 135 cm³/mol. The molecular weight excluding hydrogens is 470 g/mol. The van der Waals surface area contributed by atoms with Gasteiger partial charge in [-0.15, -0.1) is 11.3 Å².